The lowest BCUT2D eigenvalue weighted by atomic mass is 9.96. The lowest BCUT2D eigenvalue weighted by molar-refractivity contribution is -0.148. The van der Waals surface area contributed by atoms with Crippen LogP contribution in [0.2, 0.25) is 0 Å². The number of halogens is 1. The number of carbonyl (C=O) groups is 3. The lowest BCUT2D eigenvalue weighted by Crippen LogP contribution is -2.46. The second kappa shape index (κ2) is 6.34. The second-order valence-electron chi connectivity index (χ2n) is 6.43. The van der Waals surface area contributed by atoms with Crippen molar-refractivity contribution in [2.75, 3.05) is 13.7 Å². The van der Waals surface area contributed by atoms with Crippen LogP contribution in [0.1, 0.15) is 25.3 Å². The van der Waals surface area contributed by atoms with Crippen LogP contribution in [0.3, 0.4) is 0 Å². The molecular formula is C17H19FN2O5. The number of esters is 1. The number of carbonyl (C=O) groups excluding carboxylic acids is 3. The Kier molecular flexibility index (Phi) is 4.36. The smallest absolute Gasteiger partial charge is 0.326 e. The summed E-state index contributed by atoms with van der Waals surface area (Å²) in [6.07, 6.45) is 1.76. The van der Waals surface area contributed by atoms with E-state index in [0.717, 1.165) is 17.7 Å². The van der Waals surface area contributed by atoms with E-state index in [9.17, 15) is 18.8 Å². The zero-order valence-corrected chi connectivity index (χ0v) is 14.0. The van der Waals surface area contributed by atoms with E-state index in [1.807, 2.05) is 0 Å². The van der Waals surface area contributed by atoms with E-state index in [1.165, 1.54) is 19.2 Å². The van der Waals surface area contributed by atoms with Crippen molar-refractivity contribution in [3.63, 3.8) is 0 Å². The molecule has 134 valence electrons. The maximum Gasteiger partial charge on any atom is 0.326 e. The average Bonchev–Trinajstić information content (AvgIpc) is 3.39. The Morgan fingerprint density at radius 2 is 2.12 bits per heavy atom. The lowest BCUT2D eigenvalue weighted by Gasteiger charge is -2.20. The van der Waals surface area contributed by atoms with Crippen molar-refractivity contribution in [1.29, 1.82) is 0 Å². The molecule has 0 radical (unpaired) electrons. The minimum absolute atomic E-state index is 0.0915. The highest BCUT2D eigenvalue weighted by Gasteiger charge is 2.56. The number of ether oxygens (including phenoxy) is 2. The van der Waals surface area contributed by atoms with Crippen LogP contribution in [0.15, 0.2) is 18.2 Å². The van der Waals surface area contributed by atoms with Crippen LogP contribution in [0.25, 0.3) is 0 Å². The maximum absolute atomic E-state index is 13.6. The molecule has 1 atom stereocenters. The van der Waals surface area contributed by atoms with Crippen molar-refractivity contribution in [3.05, 3.63) is 29.6 Å². The Bertz CT molecular complexity index is 734. The Balaban J connectivity index is 1.57. The van der Waals surface area contributed by atoms with Crippen molar-refractivity contribution >= 4 is 17.9 Å². The van der Waals surface area contributed by atoms with Gasteiger partial charge in [0.15, 0.2) is 11.6 Å². The third-order valence-corrected chi connectivity index (χ3v) is 4.60. The number of nitrogens with zero attached hydrogens (tertiary/aromatic N) is 1. The number of methoxy groups -OCH3 is 1. The van der Waals surface area contributed by atoms with Crippen LogP contribution in [-0.2, 0) is 20.9 Å². The van der Waals surface area contributed by atoms with Gasteiger partial charge in [-0.05, 0) is 43.4 Å². The van der Waals surface area contributed by atoms with Gasteiger partial charge in [-0.2, -0.15) is 0 Å². The molecule has 0 spiro atoms. The van der Waals surface area contributed by atoms with Gasteiger partial charge in [0.1, 0.15) is 18.7 Å². The molecule has 1 saturated heterocycles. The average molecular weight is 350 g/mol. The van der Waals surface area contributed by atoms with Gasteiger partial charge in [0.2, 0.25) is 0 Å². The number of nitrogens with one attached hydrogen (secondary N) is 1. The molecule has 1 N–H and O–H groups in total. The quantitative estimate of drug-likeness (QED) is 0.622. The molecule has 0 bridgehead atoms. The molecule has 8 heteroatoms. The third kappa shape index (κ3) is 3.29. The molecule has 0 unspecified atom stereocenters. The summed E-state index contributed by atoms with van der Waals surface area (Å²) < 4.78 is 23.5. The summed E-state index contributed by atoms with van der Waals surface area (Å²) in [5.41, 5.74) is -0.497. The van der Waals surface area contributed by atoms with Crippen LogP contribution in [-0.4, -0.2) is 42.0 Å². The van der Waals surface area contributed by atoms with Crippen LogP contribution in [0.5, 0.6) is 5.75 Å². The summed E-state index contributed by atoms with van der Waals surface area (Å²) >= 11 is 0. The molecule has 3 amide bonds. The van der Waals surface area contributed by atoms with Gasteiger partial charge in [0.05, 0.1) is 7.11 Å². The minimum atomic E-state index is -0.934. The molecular weight excluding hydrogens is 331 g/mol. The van der Waals surface area contributed by atoms with Crippen LogP contribution in [0.4, 0.5) is 9.18 Å². The fourth-order valence-electron chi connectivity index (χ4n) is 2.93. The number of imide groups is 1. The molecule has 3 rings (SSSR count). The molecule has 1 aliphatic carbocycles. The van der Waals surface area contributed by atoms with Gasteiger partial charge in [-0.25, -0.2) is 9.18 Å². The van der Waals surface area contributed by atoms with Crippen molar-refractivity contribution in [2.45, 2.75) is 31.9 Å². The molecule has 1 heterocycles. The van der Waals surface area contributed by atoms with Crippen LogP contribution < -0.4 is 10.1 Å². The van der Waals surface area contributed by atoms with Gasteiger partial charge < -0.3 is 14.8 Å². The SMILES string of the molecule is COc1ccc(COC(=O)CN2C(=O)N[C@@](C)(C3CC3)C2=O)cc1F. The third-order valence-electron chi connectivity index (χ3n) is 4.60. The first kappa shape index (κ1) is 17.2. The van der Waals surface area contributed by atoms with E-state index in [-0.39, 0.29) is 18.3 Å². The van der Waals surface area contributed by atoms with E-state index in [2.05, 4.69) is 5.32 Å². The summed E-state index contributed by atoms with van der Waals surface area (Å²) in [5.74, 6) is -1.50. The summed E-state index contributed by atoms with van der Waals surface area (Å²) in [6.45, 7) is 1.05. The predicted octanol–water partition coefficient (Wildman–Crippen LogP) is 1.60. The summed E-state index contributed by atoms with van der Waals surface area (Å²) in [6, 6.07) is 3.60. The monoisotopic (exact) mass is 350 g/mol. The summed E-state index contributed by atoms with van der Waals surface area (Å²) in [4.78, 5) is 37.2. The Morgan fingerprint density at radius 1 is 1.40 bits per heavy atom. The molecule has 1 saturated carbocycles. The first-order chi connectivity index (χ1) is 11.8. The van der Waals surface area contributed by atoms with E-state index in [4.69, 9.17) is 9.47 Å². The zero-order valence-electron chi connectivity index (χ0n) is 14.0. The van der Waals surface area contributed by atoms with Crippen molar-refractivity contribution in [3.8, 4) is 5.75 Å². The number of amides is 3. The molecule has 7 nitrogen and oxygen atoms in total. The fourth-order valence-corrected chi connectivity index (χ4v) is 2.93. The normalized spacial score (nSPS) is 22.8. The van der Waals surface area contributed by atoms with Gasteiger partial charge in [0, 0.05) is 0 Å². The standard InChI is InChI=1S/C17H19FN2O5/c1-17(11-4-5-11)15(22)20(16(23)19-17)8-14(21)25-9-10-3-6-13(24-2)12(18)7-10/h3,6-7,11H,4-5,8-9H2,1-2H3,(H,19,23)/t17-/m0/s1. The van der Waals surface area contributed by atoms with E-state index >= 15 is 0 Å². The van der Waals surface area contributed by atoms with Crippen molar-refractivity contribution < 1.29 is 28.2 Å². The molecule has 25 heavy (non-hydrogen) atoms. The number of urea groups is 1. The summed E-state index contributed by atoms with van der Waals surface area (Å²) in [5, 5.41) is 2.66. The van der Waals surface area contributed by atoms with Gasteiger partial charge in [-0.15, -0.1) is 0 Å². The van der Waals surface area contributed by atoms with E-state index in [0.29, 0.717) is 5.56 Å². The van der Waals surface area contributed by atoms with Gasteiger partial charge >= 0.3 is 12.0 Å². The second-order valence-corrected chi connectivity index (χ2v) is 6.43. The highest BCUT2D eigenvalue weighted by atomic mass is 19.1. The van der Waals surface area contributed by atoms with Crippen LogP contribution in [0, 0.1) is 11.7 Å². The molecule has 0 aromatic heterocycles. The Morgan fingerprint density at radius 3 is 2.72 bits per heavy atom. The Hall–Kier alpha value is -2.64. The number of hydrogen-bond acceptors (Lipinski definition) is 5. The molecule has 1 aliphatic heterocycles. The largest absolute Gasteiger partial charge is 0.494 e. The predicted molar refractivity (Wildman–Crippen MR) is 84.1 cm³/mol. The molecule has 1 aromatic carbocycles. The topological polar surface area (TPSA) is 84.9 Å². The fraction of sp³-hybridized carbons (Fsp3) is 0.471. The molecule has 2 fully saturated rings. The number of hydrogen-bond donors (Lipinski definition) is 1. The minimum Gasteiger partial charge on any atom is -0.494 e. The first-order valence-electron chi connectivity index (χ1n) is 7.97. The molecule has 2 aliphatic rings. The number of benzene rings is 1. The van der Waals surface area contributed by atoms with E-state index < -0.39 is 35.8 Å². The van der Waals surface area contributed by atoms with Crippen molar-refractivity contribution in [2.24, 2.45) is 5.92 Å². The van der Waals surface area contributed by atoms with Gasteiger partial charge in [0.25, 0.3) is 5.91 Å². The summed E-state index contributed by atoms with van der Waals surface area (Å²) in [7, 11) is 1.35. The maximum atomic E-state index is 13.6. The van der Waals surface area contributed by atoms with Gasteiger partial charge in [-0.1, -0.05) is 6.07 Å². The first-order valence-corrected chi connectivity index (χ1v) is 7.97. The van der Waals surface area contributed by atoms with E-state index in [1.54, 1.807) is 13.0 Å². The number of rotatable bonds is 6. The highest BCUT2D eigenvalue weighted by Crippen LogP contribution is 2.42. The Labute approximate surface area is 144 Å². The highest BCUT2D eigenvalue weighted by molar-refractivity contribution is 6.08. The molecule has 1 aromatic rings. The van der Waals surface area contributed by atoms with Gasteiger partial charge in [-0.3, -0.25) is 14.5 Å². The van der Waals surface area contributed by atoms with Crippen molar-refractivity contribution in [1.82, 2.24) is 10.2 Å². The van der Waals surface area contributed by atoms with Crippen LogP contribution >= 0.6 is 0 Å². The zero-order chi connectivity index (χ0) is 18.2.